The molecule has 0 unspecified atom stereocenters. The molecule has 0 aromatic heterocycles. The van der Waals surface area contributed by atoms with Crippen molar-refractivity contribution in [2.75, 3.05) is 39.9 Å². The molecule has 0 bridgehead atoms. The van der Waals surface area contributed by atoms with E-state index in [1.807, 2.05) is 0 Å². The number of alkyl halides is 3. The summed E-state index contributed by atoms with van der Waals surface area (Å²) in [6.07, 6.45) is 0.783. The number of methoxy groups -OCH3 is 1. The molecular formula is C12H19F3N2O4S. The number of rotatable bonds is 4. The Morgan fingerprint density at radius 3 is 2.36 bits per heavy atom. The van der Waals surface area contributed by atoms with E-state index in [-0.39, 0.29) is 38.3 Å². The van der Waals surface area contributed by atoms with Crippen molar-refractivity contribution >= 4 is 15.9 Å². The summed E-state index contributed by atoms with van der Waals surface area (Å²) in [5.74, 6) is -0.0517. The Bertz CT molecular complexity index is 527. The lowest BCUT2D eigenvalue weighted by molar-refractivity contribution is -0.128. The van der Waals surface area contributed by atoms with Crippen LogP contribution in [0.1, 0.15) is 19.3 Å². The zero-order chi connectivity index (χ0) is 16.6. The number of hydrogen-bond acceptors (Lipinski definition) is 4. The number of likely N-dealkylation sites (tertiary alicyclic amines) is 1. The van der Waals surface area contributed by atoms with Crippen molar-refractivity contribution in [3.05, 3.63) is 0 Å². The summed E-state index contributed by atoms with van der Waals surface area (Å²) in [4.78, 5) is 13.6. The molecule has 1 amide bonds. The topological polar surface area (TPSA) is 66.9 Å². The third-order valence-corrected chi connectivity index (χ3v) is 6.02. The highest BCUT2D eigenvalue weighted by atomic mass is 32.2. The summed E-state index contributed by atoms with van der Waals surface area (Å²) in [6, 6.07) is 0. The molecule has 2 aliphatic heterocycles. The van der Waals surface area contributed by atoms with Gasteiger partial charge in [-0.2, -0.15) is 17.5 Å². The number of sulfonamides is 1. The van der Waals surface area contributed by atoms with E-state index in [4.69, 9.17) is 4.74 Å². The van der Waals surface area contributed by atoms with Gasteiger partial charge in [0.15, 0.2) is 0 Å². The lowest BCUT2D eigenvalue weighted by atomic mass is 9.78. The predicted molar refractivity (Wildman–Crippen MR) is 71.3 cm³/mol. The minimum Gasteiger partial charge on any atom is -0.383 e. The zero-order valence-corrected chi connectivity index (χ0v) is 13.0. The van der Waals surface area contributed by atoms with E-state index in [0.717, 1.165) is 0 Å². The van der Waals surface area contributed by atoms with Gasteiger partial charge >= 0.3 is 15.5 Å². The molecule has 2 heterocycles. The van der Waals surface area contributed by atoms with Crippen molar-refractivity contribution in [1.82, 2.24) is 9.21 Å². The summed E-state index contributed by atoms with van der Waals surface area (Å²) in [6.45, 7) is 0.896. The maximum absolute atomic E-state index is 12.5. The molecule has 1 spiro atoms. The van der Waals surface area contributed by atoms with Crippen LogP contribution in [-0.2, 0) is 19.6 Å². The Hall–Kier alpha value is -0.870. The third kappa shape index (κ3) is 3.23. The van der Waals surface area contributed by atoms with E-state index >= 15 is 0 Å². The lowest BCUT2D eigenvalue weighted by Crippen LogP contribution is -2.48. The van der Waals surface area contributed by atoms with Crippen molar-refractivity contribution in [3.63, 3.8) is 0 Å². The maximum atomic E-state index is 12.5. The van der Waals surface area contributed by atoms with E-state index in [1.54, 1.807) is 4.90 Å². The molecule has 0 aromatic rings. The standard InChI is InChI=1S/C12H19F3N2O4S/c1-21-7-6-16-9-11(8-10(16)18)2-4-17(5-3-11)22(19,20)12(13,14)15/h2-9H2,1H3. The summed E-state index contributed by atoms with van der Waals surface area (Å²) in [7, 11) is -3.75. The quantitative estimate of drug-likeness (QED) is 0.757. The van der Waals surface area contributed by atoms with Gasteiger partial charge in [-0.05, 0) is 18.3 Å². The maximum Gasteiger partial charge on any atom is 0.511 e. The molecule has 128 valence electrons. The van der Waals surface area contributed by atoms with Gasteiger partial charge in [0.25, 0.3) is 0 Å². The van der Waals surface area contributed by atoms with Crippen molar-refractivity contribution < 1.29 is 31.1 Å². The van der Waals surface area contributed by atoms with Crippen LogP contribution in [0.25, 0.3) is 0 Å². The van der Waals surface area contributed by atoms with E-state index in [2.05, 4.69) is 0 Å². The highest BCUT2D eigenvalue weighted by Crippen LogP contribution is 2.42. The van der Waals surface area contributed by atoms with Crippen LogP contribution in [0, 0.1) is 5.41 Å². The van der Waals surface area contributed by atoms with Crippen LogP contribution in [0.15, 0.2) is 0 Å². The molecule has 0 saturated carbocycles. The number of amides is 1. The van der Waals surface area contributed by atoms with Gasteiger partial charge < -0.3 is 9.64 Å². The van der Waals surface area contributed by atoms with Gasteiger partial charge in [0.05, 0.1) is 6.61 Å². The van der Waals surface area contributed by atoms with Crippen molar-refractivity contribution in [1.29, 1.82) is 0 Å². The molecule has 0 radical (unpaired) electrons. The smallest absolute Gasteiger partial charge is 0.383 e. The first-order chi connectivity index (χ1) is 10.1. The summed E-state index contributed by atoms with van der Waals surface area (Å²) >= 11 is 0. The highest BCUT2D eigenvalue weighted by Gasteiger charge is 2.53. The Balaban J connectivity index is 1.99. The molecule has 6 nitrogen and oxygen atoms in total. The summed E-state index contributed by atoms with van der Waals surface area (Å²) in [5.41, 5.74) is -5.68. The third-order valence-electron chi connectivity index (χ3n) is 4.39. The first-order valence-corrected chi connectivity index (χ1v) is 8.38. The van der Waals surface area contributed by atoms with Crippen LogP contribution < -0.4 is 0 Å². The Labute approximate surface area is 127 Å². The molecule has 0 atom stereocenters. The van der Waals surface area contributed by atoms with Crippen molar-refractivity contribution in [3.8, 4) is 0 Å². The second kappa shape index (κ2) is 5.97. The van der Waals surface area contributed by atoms with E-state index < -0.39 is 20.9 Å². The van der Waals surface area contributed by atoms with E-state index in [1.165, 1.54) is 7.11 Å². The number of nitrogens with zero attached hydrogens (tertiary/aromatic N) is 2. The Morgan fingerprint density at radius 1 is 1.27 bits per heavy atom. The number of carbonyl (C=O) groups is 1. The number of halogens is 3. The fourth-order valence-corrected chi connectivity index (χ4v) is 4.03. The molecule has 0 aromatic carbocycles. The molecule has 2 rings (SSSR count). The fourth-order valence-electron chi connectivity index (χ4n) is 3.07. The molecule has 22 heavy (non-hydrogen) atoms. The number of carbonyl (C=O) groups excluding carboxylic acids is 1. The predicted octanol–water partition coefficient (Wildman–Crippen LogP) is 0.797. The second-order valence-electron chi connectivity index (χ2n) is 5.83. The number of hydrogen-bond donors (Lipinski definition) is 0. The molecule has 0 N–H and O–H groups in total. The molecule has 2 fully saturated rings. The monoisotopic (exact) mass is 344 g/mol. The normalized spacial score (nSPS) is 23.5. The Kier molecular flexibility index (Phi) is 4.74. The number of ether oxygens (including phenoxy) is 1. The minimum absolute atomic E-state index is 0.0517. The second-order valence-corrected chi connectivity index (χ2v) is 7.76. The van der Waals surface area contributed by atoms with Crippen LogP contribution in [0.3, 0.4) is 0 Å². The minimum atomic E-state index is -5.27. The van der Waals surface area contributed by atoms with Gasteiger partial charge in [-0.3, -0.25) is 4.79 Å². The first-order valence-electron chi connectivity index (χ1n) is 6.94. The molecule has 0 aliphatic carbocycles. The number of piperidine rings is 1. The fraction of sp³-hybridized carbons (Fsp3) is 0.917. The molecular weight excluding hydrogens is 325 g/mol. The van der Waals surface area contributed by atoms with Crippen LogP contribution in [-0.4, -0.2) is 68.9 Å². The molecule has 2 aliphatic rings. The summed E-state index contributed by atoms with van der Waals surface area (Å²) < 4.78 is 65.8. The van der Waals surface area contributed by atoms with Gasteiger partial charge in [0, 0.05) is 39.7 Å². The first kappa shape index (κ1) is 17.5. The molecule has 10 heteroatoms. The van der Waals surface area contributed by atoms with Crippen molar-refractivity contribution in [2.24, 2.45) is 5.41 Å². The zero-order valence-electron chi connectivity index (χ0n) is 12.2. The lowest BCUT2D eigenvalue weighted by Gasteiger charge is -2.38. The Morgan fingerprint density at radius 2 is 1.86 bits per heavy atom. The van der Waals surface area contributed by atoms with Crippen LogP contribution in [0.4, 0.5) is 13.2 Å². The average Bonchev–Trinajstić information content (AvgIpc) is 2.71. The van der Waals surface area contributed by atoms with E-state index in [0.29, 0.717) is 24.0 Å². The highest BCUT2D eigenvalue weighted by molar-refractivity contribution is 7.90. The largest absolute Gasteiger partial charge is 0.511 e. The van der Waals surface area contributed by atoms with Gasteiger partial charge in [0.1, 0.15) is 0 Å². The average molecular weight is 344 g/mol. The van der Waals surface area contributed by atoms with Gasteiger partial charge in [0.2, 0.25) is 5.91 Å². The van der Waals surface area contributed by atoms with Crippen LogP contribution >= 0.6 is 0 Å². The summed E-state index contributed by atoms with van der Waals surface area (Å²) in [5, 5.41) is 0. The SMILES string of the molecule is COCCN1CC2(CCN(S(=O)(=O)C(F)(F)F)CC2)CC1=O. The van der Waals surface area contributed by atoms with Crippen molar-refractivity contribution in [2.45, 2.75) is 24.8 Å². The van der Waals surface area contributed by atoms with Gasteiger partial charge in [-0.1, -0.05) is 0 Å². The van der Waals surface area contributed by atoms with Crippen LogP contribution in [0.2, 0.25) is 0 Å². The van der Waals surface area contributed by atoms with Crippen LogP contribution in [0.5, 0.6) is 0 Å². The molecule has 2 saturated heterocycles. The van der Waals surface area contributed by atoms with E-state index in [9.17, 15) is 26.4 Å². The van der Waals surface area contributed by atoms with Gasteiger partial charge in [-0.15, -0.1) is 0 Å². The van der Waals surface area contributed by atoms with Gasteiger partial charge in [-0.25, -0.2) is 8.42 Å².